The summed E-state index contributed by atoms with van der Waals surface area (Å²) in [5.41, 5.74) is -0.433. The molecule has 7 nitrogen and oxygen atoms in total. The Morgan fingerprint density at radius 2 is 1.86 bits per heavy atom. The summed E-state index contributed by atoms with van der Waals surface area (Å²) in [6, 6.07) is 8.31. The maximum absolute atomic E-state index is 11.3. The summed E-state index contributed by atoms with van der Waals surface area (Å²) in [4.78, 5) is 38.5. The number of carbonyl (C=O) groups excluding carboxylic acids is 1. The van der Waals surface area contributed by atoms with E-state index in [0.29, 0.717) is 6.41 Å². The van der Waals surface area contributed by atoms with Crippen LogP contribution in [0.4, 0.5) is 11.5 Å². The molecule has 21 heavy (non-hydrogen) atoms. The molecule has 2 rings (SSSR count). The molecule has 0 unspecified atom stereocenters. The van der Waals surface area contributed by atoms with Gasteiger partial charge in [0, 0.05) is 6.20 Å². The zero-order valence-electron chi connectivity index (χ0n) is 10.6. The second kappa shape index (κ2) is 5.83. The van der Waals surface area contributed by atoms with Crippen molar-refractivity contribution in [1.29, 1.82) is 0 Å². The highest BCUT2D eigenvalue weighted by Gasteiger charge is 2.20. The second-order valence-corrected chi connectivity index (χ2v) is 4.01. The van der Waals surface area contributed by atoms with Crippen LogP contribution >= 0.6 is 0 Å². The lowest BCUT2D eigenvalue weighted by molar-refractivity contribution is -0.106. The van der Waals surface area contributed by atoms with Crippen molar-refractivity contribution in [2.45, 2.75) is 0 Å². The third kappa shape index (κ3) is 2.86. The number of nitrogens with zero attached hydrogens (tertiary/aromatic N) is 2. The van der Waals surface area contributed by atoms with E-state index in [2.05, 4.69) is 4.98 Å². The number of amides is 1. The SMILES string of the molecule is O=CN(c1ccccn1)c1ccc(C(=O)O)cc1C(=O)O. The Bertz CT molecular complexity index is 700. The quantitative estimate of drug-likeness (QED) is 0.811. The van der Waals surface area contributed by atoms with Crippen molar-refractivity contribution >= 4 is 29.9 Å². The summed E-state index contributed by atoms with van der Waals surface area (Å²) in [6.07, 6.45) is 1.88. The molecular formula is C14H10N2O5. The number of pyridine rings is 1. The molecule has 106 valence electrons. The van der Waals surface area contributed by atoms with Crippen LogP contribution in [0.25, 0.3) is 0 Å². The van der Waals surface area contributed by atoms with E-state index in [4.69, 9.17) is 5.11 Å². The van der Waals surface area contributed by atoms with Gasteiger partial charge < -0.3 is 10.2 Å². The third-order valence-corrected chi connectivity index (χ3v) is 2.73. The van der Waals surface area contributed by atoms with Crippen LogP contribution in [0.2, 0.25) is 0 Å². The summed E-state index contributed by atoms with van der Waals surface area (Å²) >= 11 is 0. The van der Waals surface area contributed by atoms with Gasteiger partial charge in [-0.3, -0.25) is 9.69 Å². The highest BCUT2D eigenvalue weighted by Crippen LogP contribution is 2.27. The number of benzene rings is 1. The predicted octanol–water partition coefficient (Wildman–Crippen LogP) is 1.77. The Balaban J connectivity index is 2.58. The zero-order chi connectivity index (χ0) is 15.4. The summed E-state index contributed by atoms with van der Waals surface area (Å²) in [5, 5.41) is 18.1. The van der Waals surface area contributed by atoms with Crippen molar-refractivity contribution in [2.24, 2.45) is 0 Å². The molecule has 0 saturated carbocycles. The van der Waals surface area contributed by atoms with Gasteiger partial charge in [-0.2, -0.15) is 0 Å². The number of aromatic carboxylic acids is 2. The predicted molar refractivity (Wildman–Crippen MR) is 72.8 cm³/mol. The molecule has 0 saturated heterocycles. The molecular weight excluding hydrogens is 276 g/mol. The summed E-state index contributed by atoms with van der Waals surface area (Å²) in [7, 11) is 0. The number of hydrogen-bond acceptors (Lipinski definition) is 4. The first-order valence-electron chi connectivity index (χ1n) is 5.81. The summed E-state index contributed by atoms with van der Waals surface area (Å²) < 4.78 is 0. The van der Waals surface area contributed by atoms with Crippen molar-refractivity contribution in [3.05, 3.63) is 53.7 Å². The highest BCUT2D eigenvalue weighted by molar-refractivity contribution is 6.02. The van der Waals surface area contributed by atoms with Gasteiger partial charge in [0.25, 0.3) is 0 Å². The minimum Gasteiger partial charge on any atom is -0.478 e. The topological polar surface area (TPSA) is 108 Å². The smallest absolute Gasteiger partial charge is 0.337 e. The Kier molecular flexibility index (Phi) is 3.94. The average Bonchev–Trinajstić information content (AvgIpc) is 2.49. The zero-order valence-corrected chi connectivity index (χ0v) is 10.6. The van der Waals surface area contributed by atoms with E-state index in [1.54, 1.807) is 12.1 Å². The van der Waals surface area contributed by atoms with E-state index in [0.717, 1.165) is 11.0 Å². The van der Waals surface area contributed by atoms with Gasteiger partial charge in [0.2, 0.25) is 6.41 Å². The molecule has 0 aliphatic rings. The summed E-state index contributed by atoms with van der Waals surface area (Å²) in [5.74, 6) is -2.35. The van der Waals surface area contributed by atoms with Crippen LogP contribution in [0.3, 0.4) is 0 Å². The maximum atomic E-state index is 11.3. The fraction of sp³-hybridized carbons (Fsp3) is 0. The monoisotopic (exact) mass is 286 g/mol. The number of rotatable bonds is 5. The molecule has 0 radical (unpaired) electrons. The van der Waals surface area contributed by atoms with Gasteiger partial charge in [-0.05, 0) is 30.3 Å². The molecule has 0 bridgehead atoms. The molecule has 0 aliphatic carbocycles. The second-order valence-electron chi connectivity index (χ2n) is 4.01. The van der Waals surface area contributed by atoms with Gasteiger partial charge >= 0.3 is 11.9 Å². The number of anilines is 2. The van der Waals surface area contributed by atoms with Gasteiger partial charge in [0.05, 0.1) is 16.8 Å². The normalized spacial score (nSPS) is 9.90. The molecule has 0 atom stereocenters. The van der Waals surface area contributed by atoms with E-state index in [1.807, 2.05) is 0 Å². The van der Waals surface area contributed by atoms with Crippen LogP contribution in [0.1, 0.15) is 20.7 Å². The number of carboxylic acid groups (broad SMARTS) is 2. The van der Waals surface area contributed by atoms with E-state index in [1.165, 1.54) is 24.4 Å². The number of carbonyl (C=O) groups is 3. The van der Waals surface area contributed by atoms with Gasteiger partial charge in [0.15, 0.2) is 0 Å². The molecule has 1 aromatic heterocycles. The van der Waals surface area contributed by atoms with Gasteiger partial charge in [-0.25, -0.2) is 14.6 Å². The molecule has 7 heteroatoms. The van der Waals surface area contributed by atoms with E-state index in [9.17, 15) is 19.5 Å². The Labute approximate surface area is 119 Å². The molecule has 0 fully saturated rings. The van der Waals surface area contributed by atoms with Crippen molar-refractivity contribution in [2.75, 3.05) is 4.90 Å². The van der Waals surface area contributed by atoms with Gasteiger partial charge in [0.1, 0.15) is 5.82 Å². The first kappa shape index (κ1) is 14.2. The first-order valence-corrected chi connectivity index (χ1v) is 5.81. The third-order valence-electron chi connectivity index (χ3n) is 2.73. The number of carboxylic acids is 2. The Morgan fingerprint density at radius 1 is 1.10 bits per heavy atom. The van der Waals surface area contributed by atoms with Gasteiger partial charge in [-0.15, -0.1) is 0 Å². The molecule has 1 aromatic carbocycles. The van der Waals surface area contributed by atoms with Crippen LogP contribution in [-0.4, -0.2) is 33.5 Å². The Hall–Kier alpha value is -3.22. The highest BCUT2D eigenvalue weighted by atomic mass is 16.4. The molecule has 2 N–H and O–H groups in total. The number of hydrogen-bond donors (Lipinski definition) is 2. The largest absolute Gasteiger partial charge is 0.478 e. The van der Waals surface area contributed by atoms with Crippen molar-refractivity contribution in [3.63, 3.8) is 0 Å². The fourth-order valence-corrected chi connectivity index (χ4v) is 1.78. The van der Waals surface area contributed by atoms with Gasteiger partial charge in [-0.1, -0.05) is 6.07 Å². The van der Waals surface area contributed by atoms with Crippen LogP contribution in [-0.2, 0) is 4.79 Å². The lowest BCUT2D eigenvalue weighted by Gasteiger charge is -2.18. The van der Waals surface area contributed by atoms with Crippen LogP contribution in [0.5, 0.6) is 0 Å². The minimum atomic E-state index is -1.34. The average molecular weight is 286 g/mol. The van der Waals surface area contributed by atoms with Crippen LogP contribution in [0, 0.1) is 0 Å². The van der Waals surface area contributed by atoms with Crippen LogP contribution < -0.4 is 4.90 Å². The lowest BCUT2D eigenvalue weighted by atomic mass is 10.1. The molecule has 1 amide bonds. The number of aromatic nitrogens is 1. The van der Waals surface area contributed by atoms with Crippen LogP contribution in [0.15, 0.2) is 42.6 Å². The Morgan fingerprint density at radius 3 is 2.38 bits per heavy atom. The molecule has 1 heterocycles. The minimum absolute atomic E-state index is 0.0428. The van der Waals surface area contributed by atoms with E-state index in [-0.39, 0.29) is 22.6 Å². The first-order chi connectivity index (χ1) is 10.0. The van der Waals surface area contributed by atoms with Crippen molar-refractivity contribution in [3.8, 4) is 0 Å². The molecule has 0 spiro atoms. The maximum Gasteiger partial charge on any atom is 0.337 e. The van der Waals surface area contributed by atoms with E-state index >= 15 is 0 Å². The molecule has 2 aromatic rings. The summed E-state index contributed by atoms with van der Waals surface area (Å²) in [6.45, 7) is 0. The lowest BCUT2D eigenvalue weighted by Crippen LogP contribution is -2.19. The van der Waals surface area contributed by atoms with Crippen molar-refractivity contribution < 1.29 is 24.6 Å². The van der Waals surface area contributed by atoms with E-state index < -0.39 is 11.9 Å². The standard InChI is InChI=1S/C14H10N2O5/c17-8-16(12-3-1-2-6-15-12)11-5-4-9(13(18)19)7-10(11)14(20)21/h1-8H,(H,18,19)(H,20,21). The van der Waals surface area contributed by atoms with Crippen molar-refractivity contribution in [1.82, 2.24) is 4.98 Å². The fourth-order valence-electron chi connectivity index (χ4n) is 1.78. The molecule has 0 aliphatic heterocycles.